The molecular formula is C29H19FN4OS. The van der Waals surface area contributed by atoms with Crippen molar-refractivity contribution in [2.45, 2.75) is 10.8 Å². The van der Waals surface area contributed by atoms with Crippen LogP contribution in [0, 0.1) is 5.82 Å². The smallest absolute Gasteiger partial charge is 0.266 e. The van der Waals surface area contributed by atoms with Crippen molar-refractivity contribution in [1.82, 2.24) is 19.5 Å². The number of aromatic nitrogens is 4. The summed E-state index contributed by atoms with van der Waals surface area (Å²) in [5, 5.41) is 2.11. The summed E-state index contributed by atoms with van der Waals surface area (Å²) in [6.07, 6.45) is 0. The van der Waals surface area contributed by atoms with Gasteiger partial charge in [0.15, 0.2) is 5.82 Å². The molecule has 7 heteroatoms. The van der Waals surface area contributed by atoms with Crippen LogP contribution in [-0.4, -0.2) is 19.5 Å². The second kappa shape index (κ2) is 9.36. The SMILES string of the molecule is O=c1c2ccccc2nc(CSc2nc(-c3ccccc3)nc3ccccc23)n1-c1ccccc1F. The maximum atomic E-state index is 14.8. The third-order valence-electron chi connectivity index (χ3n) is 5.88. The molecule has 0 spiro atoms. The Labute approximate surface area is 210 Å². The van der Waals surface area contributed by atoms with Gasteiger partial charge in [-0.3, -0.25) is 9.36 Å². The van der Waals surface area contributed by atoms with Gasteiger partial charge in [-0.1, -0.05) is 84.6 Å². The minimum atomic E-state index is -0.484. The van der Waals surface area contributed by atoms with Crippen LogP contribution in [0.1, 0.15) is 5.82 Å². The van der Waals surface area contributed by atoms with E-state index in [2.05, 4.69) is 0 Å². The number of benzene rings is 4. The molecule has 6 aromatic rings. The Morgan fingerprint density at radius 3 is 2.11 bits per heavy atom. The number of halogens is 1. The normalized spacial score (nSPS) is 11.2. The summed E-state index contributed by atoms with van der Waals surface area (Å²) in [5.74, 6) is 0.887. The first-order valence-corrected chi connectivity index (χ1v) is 12.4. The van der Waals surface area contributed by atoms with E-state index in [1.807, 2.05) is 60.7 Å². The van der Waals surface area contributed by atoms with Crippen LogP contribution in [0.15, 0.2) is 113 Å². The summed E-state index contributed by atoms with van der Waals surface area (Å²) >= 11 is 1.45. The number of hydrogen-bond donors (Lipinski definition) is 0. The third-order valence-corrected chi connectivity index (χ3v) is 6.86. The molecule has 0 amide bonds. The van der Waals surface area contributed by atoms with Crippen molar-refractivity contribution >= 4 is 33.6 Å². The molecule has 0 N–H and O–H groups in total. The molecule has 2 heterocycles. The monoisotopic (exact) mass is 490 g/mol. The molecule has 0 saturated heterocycles. The average Bonchev–Trinajstić information content (AvgIpc) is 2.93. The van der Waals surface area contributed by atoms with Crippen LogP contribution in [0.5, 0.6) is 0 Å². The second-order valence-electron chi connectivity index (χ2n) is 8.16. The van der Waals surface area contributed by atoms with Gasteiger partial charge in [-0.2, -0.15) is 0 Å². The molecule has 0 aliphatic rings. The summed E-state index contributed by atoms with van der Waals surface area (Å²) in [6, 6.07) is 31.0. The second-order valence-corrected chi connectivity index (χ2v) is 9.13. The fourth-order valence-corrected chi connectivity index (χ4v) is 5.10. The van der Waals surface area contributed by atoms with Crippen LogP contribution in [0.3, 0.4) is 0 Å². The lowest BCUT2D eigenvalue weighted by Gasteiger charge is -2.15. The highest BCUT2D eigenvalue weighted by Crippen LogP contribution is 2.31. The van der Waals surface area contributed by atoms with E-state index in [-0.39, 0.29) is 11.2 Å². The molecule has 6 rings (SSSR count). The van der Waals surface area contributed by atoms with Gasteiger partial charge >= 0.3 is 0 Å². The minimum Gasteiger partial charge on any atom is -0.268 e. The lowest BCUT2D eigenvalue weighted by molar-refractivity contribution is 0.613. The van der Waals surface area contributed by atoms with Gasteiger partial charge in [0.05, 0.1) is 27.9 Å². The fourth-order valence-electron chi connectivity index (χ4n) is 4.16. The van der Waals surface area contributed by atoms with Crippen molar-refractivity contribution in [2.75, 3.05) is 0 Å². The Morgan fingerprint density at radius 2 is 1.33 bits per heavy atom. The number of para-hydroxylation sites is 3. The molecule has 174 valence electrons. The summed E-state index contributed by atoms with van der Waals surface area (Å²) in [6.45, 7) is 0. The van der Waals surface area contributed by atoms with Crippen LogP contribution < -0.4 is 5.56 Å². The molecule has 0 aliphatic carbocycles. The van der Waals surface area contributed by atoms with Gasteiger partial charge in [0.1, 0.15) is 16.7 Å². The first-order valence-electron chi connectivity index (χ1n) is 11.4. The standard InChI is InChI=1S/C29H19FN4OS/c30-22-14-6-9-17-25(22)34-26(31-24-16-8-5-13-21(24)29(34)35)18-36-28-20-12-4-7-15-23(20)32-27(33-28)19-10-2-1-3-11-19/h1-17H,18H2. The Morgan fingerprint density at radius 1 is 0.694 bits per heavy atom. The van der Waals surface area contributed by atoms with E-state index in [1.165, 1.54) is 22.4 Å². The summed E-state index contributed by atoms with van der Waals surface area (Å²) in [5.41, 5.74) is 2.18. The number of thioether (sulfide) groups is 1. The van der Waals surface area contributed by atoms with E-state index in [9.17, 15) is 9.18 Å². The highest BCUT2D eigenvalue weighted by atomic mass is 32.2. The van der Waals surface area contributed by atoms with Crippen LogP contribution in [0.4, 0.5) is 4.39 Å². The van der Waals surface area contributed by atoms with E-state index >= 15 is 0 Å². The molecule has 0 bridgehead atoms. The summed E-state index contributed by atoms with van der Waals surface area (Å²) in [7, 11) is 0. The molecule has 0 unspecified atom stereocenters. The average molecular weight is 491 g/mol. The Kier molecular flexibility index (Phi) is 5.75. The lowest BCUT2D eigenvalue weighted by Crippen LogP contribution is -2.24. The molecule has 0 saturated carbocycles. The molecule has 2 aromatic heterocycles. The molecule has 0 atom stereocenters. The molecule has 5 nitrogen and oxygen atoms in total. The van der Waals surface area contributed by atoms with Gasteiger partial charge in [-0.15, -0.1) is 0 Å². The minimum absolute atomic E-state index is 0.175. The van der Waals surface area contributed by atoms with Gasteiger partial charge in [-0.05, 0) is 30.3 Å². The van der Waals surface area contributed by atoms with Crippen molar-refractivity contribution in [3.05, 3.63) is 125 Å². The van der Waals surface area contributed by atoms with E-state index in [0.717, 1.165) is 21.5 Å². The van der Waals surface area contributed by atoms with Gasteiger partial charge in [0.25, 0.3) is 5.56 Å². The van der Waals surface area contributed by atoms with Crippen molar-refractivity contribution in [3.63, 3.8) is 0 Å². The third kappa shape index (κ3) is 4.03. The van der Waals surface area contributed by atoms with Crippen LogP contribution in [0.25, 0.3) is 38.9 Å². The van der Waals surface area contributed by atoms with Crippen molar-refractivity contribution in [2.24, 2.45) is 0 Å². The van der Waals surface area contributed by atoms with Gasteiger partial charge in [0, 0.05) is 10.9 Å². The Bertz CT molecular complexity index is 1790. The molecule has 36 heavy (non-hydrogen) atoms. The van der Waals surface area contributed by atoms with E-state index in [1.54, 1.807) is 36.4 Å². The zero-order chi connectivity index (χ0) is 24.5. The van der Waals surface area contributed by atoms with E-state index < -0.39 is 5.82 Å². The predicted molar refractivity (Wildman–Crippen MR) is 142 cm³/mol. The molecular weight excluding hydrogens is 471 g/mol. The number of fused-ring (bicyclic) bond motifs is 2. The zero-order valence-electron chi connectivity index (χ0n) is 19.0. The van der Waals surface area contributed by atoms with Crippen molar-refractivity contribution in [3.8, 4) is 17.1 Å². The number of hydrogen-bond acceptors (Lipinski definition) is 5. The Hall–Kier alpha value is -4.36. The largest absolute Gasteiger partial charge is 0.268 e. The predicted octanol–water partition coefficient (Wildman–Crippen LogP) is 6.43. The fraction of sp³-hybridized carbons (Fsp3) is 0.0345. The van der Waals surface area contributed by atoms with Crippen LogP contribution in [0.2, 0.25) is 0 Å². The van der Waals surface area contributed by atoms with E-state index in [0.29, 0.717) is 28.3 Å². The van der Waals surface area contributed by atoms with Gasteiger partial charge in [0.2, 0.25) is 0 Å². The van der Waals surface area contributed by atoms with Crippen molar-refractivity contribution in [1.29, 1.82) is 0 Å². The number of rotatable bonds is 5. The zero-order valence-corrected chi connectivity index (χ0v) is 19.8. The van der Waals surface area contributed by atoms with Gasteiger partial charge in [-0.25, -0.2) is 19.3 Å². The summed E-state index contributed by atoms with van der Waals surface area (Å²) in [4.78, 5) is 27.8. The van der Waals surface area contributed by atoms with Crippen LogP contribution in [-0.2, 0) is 5.75 Å². The van der Waals surface area contributed by atoms with Crippen molar-refractivity contribution < 1.29 is 4.39 Å². The summed E-state index contributed by atoms with van der Waals surface area (Å²) < 4.78 is 16.2. The van der Waals surface area contributed by atoms with Crippen LogP contribution >= 0.6 is 11.8 Å². The molecule has 4 aromatic carbocycles. The highest BCUT2D eigenvalue weighted by molar-refractivity contribution is 7.98. The number of nitrogens with zero attached hydrogens (tertiary/aromatic N) is 4. The molecule has 0 fully saturated rings. The first kappa shape index (κ1) is 22.1. The lowest BCUT2D eigenvalue weighted by atomic mass is 10.2. The maximum absolute atomic E-state index is 14.8. The van der Waals surface area contributed by atoms with Gasteiger partial charge < -0.3 is 0 Å². The van der Waals surface area contributed by atoms with E-state index in [4.69, 9.17) is 15.0 Å². The Balaban J connectivity index is 1.49. The molecule has 0 aliphatic heterocycles. The quantitative estimate of drug-likeness (QED) is 0.206. The first-order chi connectivity index (χ1) is 17.7. The maximum Gasteiger partial charge on any atom is 0.266 e. The molecule has 0 radical (unpaired) electrons. The topological polar surface area (TPSA) is 60.7 Å². The highest BCUT2D eigenvalue weighted by Gasteiger charge is 2.17.